The third kappa shape index (κ3) is 6.37. The van der Waals surface area contributed by atoms with Crippen molar-refractivity contribution in [1.29, 1.82) is 0 Å². The van der Waals surface area contributed by atoms with E-state index in [1.54, 1.807) is 0 Å². The van der Waals surface area contributed by atoms with E-state index in [1.165, 1.54) is 94.6 Å². The van der Waals surface area contributed by atoms with Gasteiger partial charge in [0, 0.05) is 27.5 Å². The van der Waals surface area contributed by atoms with Crippen molar-refractivity contribution in [1.82, 2.24) is 15.0 Å². The summed E-state index contributed by atoms with van der Waals surface area (Å²) in [4.78, 5) is 15.1. The summed E-state index contributed by atoms with van der Waals surface area (Å²) in [6, 6.07) is 73.2. The second kappa shape index (κ2) is 15.5. The van der Waals surface area contributed by atoms with Crippen LogP contribution in [0.2, 0.25) is 0 Å². The highest BCUT2D eigenvalue weighted by Gasteiger charge is 2.37. The predicted molar refractivity (Wildman–Crippen MR) is 283 cm³/mol. The second-order valence-corrected chi connectivity index (χ2v) is 19.5. The van der Waals surface area contributed by atoms with Crippen LogP contribution in [0.1, 0.15) is 68.5 Å². The van der Waals surface area contributed by atoms with Crippen LogP contribution >= 0.6 is 0 Å². The lowest BCUT2D eigenvalue weighted by Gasteiger charge is -2.23. The molecule has 0 bridgehead atoms. The standard InChI is InChI=1S/C64H47N3.CH4/c1-63(2)56-27-13-11-23-48(56)50-31-29-41(36-58(50)63)45-34-52(43-30-32-51-49-24-12-14-28-57(49)64(3,4)59(51)37-43)55-38-54-46(25-16-26-47(54)53(55)35-45)42-21-15-22-44(33-42)62-66-60(39-17-7-5-8-18-39)65-61(67-62)40-19-9-6-10-20-40;/h5-37H,38H2,1-4H3;1H4. The van der Waals surface area contributed by atoms with Gasteiger partial charge in [0.05, 0.1) is 0 Å². The zero-order valence-electron chi connectivity index (χ0n) is 38.1. The highest BCUT2D eigenvalue weighted by Crippen LogP contribution is 2.53. The summed E-state index contributed by atoms with van der Waals surface area (Å²) in [7, 11) is 0. The van der Waals surface area contributed by atoms with E-state index < -0.39 is 0 Å². The van der Waals surface area contributed by atoms with E-state index in [9.17, 15) is 0 Å². The lowest BCUT2D eigenvalue weighted by atomic mass is 9.80. The van der Waals surface area contributed by atoms with E-state index >= 15 is 0 Å². The summed E-state index contributed by atoms with van der Waals surface area (Å²) >= 11 is 0. The Morgan fingerprint density at radius 3 is 1.31 bits per heavy atom. The van der Waals surface area contributed by atoms with Crippen molar-refractivity contribution in [2.45, 2.75) is 52.4 Å². The van der Waals surface area contributed by atoms with Crippen molar-refractivity contribution in [3.63, 3.8) is 0 Å². The zero-order chi connectivity index (χ0) is 45.0. The Morgan fingerprint density at radius 2 is 0.691 bits per heavy atom. The van der Waals surface area contributed by atoms with Crippen molar-refractivity contribution in [2.24, 2.45) is 0 Å². The van der Waals surface area contributed by atoms with Gasteiger partial charge in [-0.2, -0.15) is 0 Å². The Kier molecular flexibility index (Phi) is 9.47. The van der Waals surface area contributed by atoms with Gasteiger partial charge in [0.2, 0.25) is 0 Å². The largest absolute Gasteiger partial charge is 0.208 e. The molecular weight excluding hydrogens is 823 g/mol. The normalized spacial score (nSPS) is 13.9. The Balaban J connectivity index is 0.00000480. The maximum atomic E-state index is 5.09. The molecule has 13 rings (SSSR count). The minimum Gasteiger partial charge on any atom is -0.208 e. The van der Waals surface area contributed by atoms with Gasteiger partial charge in [-0.3, -0.25) is 0 Å². The van der Waals surface area contributed by atoms with E-state index in [0.717, 1.165) is 28.7 Å². The second-order valence-electron chi connectivity index (χ2n) is 19.5. The van der Waals surface area contributed by atoms with Gasteiger partial charge < -0.3 is 0 Å². The summed E-state index contributed by atoms with van der Waals surface area (Å²) in [5, 5.41) is 0. The average Bonchev–Trinajstić information content (AvgIpc) is 3.96. The molecule has 3 aliphatic rings. The smallest absolute Gasteiger partial charge is 0.164 e. The molecule has 68 heavy (non-hydrogen) atoms. The number of nitrogens with zero attached hydrogens (tertiary/aromatic N) is 3. The van der Waals surface area contributed by atoms with E-state index in [0.29, 0.717) is 17.5 Å². The predicted octanol–water partition coefficient (Wildman–Crippen LogP) is 16.7. The molecule has 0 radical (unpaired) electrons. The van der Waals surface area contributed by atoms with Gasteiger partial charge in [-0.05, 0) is 137 Å². The minimum atomic E-state index is -0.104. The van der Waals surface area contributed by atoms with Gasteiger partial charge in [0.25, 0.3) is 0 Å². The summed E-state index contributed by atoms with van der Waals surface area (Å²) in [6.45, 7) is 9.51. The molecule has 3 heteroatoms. The monoisotopic (exact) mass is 873 g/mol. The maximum absolute atomic E-state index is 5.09. The number of hydrogen-bond acceptors (Lipinski definition) is 3. The minimum absolute atomic E-state index is 0. The molecule has 3 nitrogen and oxygen atoms in total. The summed E-state index contributed by atoms with van der Waals surface area (Å²) in [6.07, 6.45) is 0.829. The van der Waals surface area contributed by atoms with Crippen molar-refractivity contribution in [2.75, 3.05) is 0 Å². The van der Waals surface area contributed by atoms with Gasteiger partial charge in [-0.15, -0.1) is 0 Å². The molecule has 0 amide bonds. The summed E-state index contributed by atoms with van der Waals surface area (Å²) in [5.41, 5.74) is 26.4. The number of aromatic nitrogens is 3. The molecule has 0 saturated carbocycles. The van der Waals surface area contributed by atoms with Crippen LogP contribution in [-0.4, -0.2) is 15.0 Å². The lowest BCUT2D eigenvalue weighted by molar-refractivity contribution is 0.660. The van der Waals surface area contributed by atoms with E-state index in [-0.39, 0.29) is 18.3 Å². The van der Waals surface area contributed by atoms with Crippen LogP contribution in [-0.2, 0) is 17.3 Å². The Labute approximate surface area is 400 Å². The third-order valence-corrected chi connectivity index (χ3v) is 15.0. The first-order valence-electron chi connectivity index (χ1n) is 23.5. The molecule has 0 aliphatic heterocycles. The zero-order valence-corrected chi connectivity index (χ0v) is 38.1. The molecule has 0 atom stereocenters. The molecular formula is C65H51N3. The molecule has 0 fully saturated rings. The van der Waals surface area contributed by atoms with Crippen LogP contribution in [0, 0.1) is 0 Å². The molecule has 326 valence electrons. The lowest BCUT2D eigenvalue weighted by Crippen LogP contribution is -2.15. The average molecular weight is 874 g/mol. The van der Waals surface area contributed by atoms with Crippen LogP contribution in [0.5, 0.6) is 0 Å². The van der Waals surface area contributed by atoms with Crippen LogP contribution in [0.3, 0.4) is 0 Å². The number of benzene rings is 9. The molecule has 1 aromatic heterocycles. The first-order valence-corrected chi connectivity index (χ1v) is 23.5. The fraction of sp³-hybridized carbons (Fsp3) is 0.123. The fourth-order valence-corrected chi connectivity index (χ4v) is 11.5. The van der Waals surface area contributed by atoms with Crippen LogP contribution < -0.4 is 0 Å². The summed E-state index contributed by atoms with van der Waals surface area (Å²) in [5.74, 6) is 1.97. The van der Waals surface area contributed by atoms with Crippen LogP contribution in [0.4, 0.5) is 0 Å². The van der Waals surface area contributed by atoms with E-state index in [4.69, 9.17) is 15.0 Å². The molecule has 9 aromatic carbocycles. The van der Waals surface area contributed by atoms with Gasteiger partial charge in [-0.25, -0.2) is 15.0 Å². The molecule has 3 aliphatic carbocycles. The fourth-order valence-electron chi connectivity index (χ4n) is 11.5. The van der Waals surface area contributed by atoms with Gasteiger partial charge in [0.1, 0.15) is 0 Å². The molecule has 0 spiro atoms. The highest BCUT2D eigenvalue weighted by atomic mass is 15.0. The summed E-state index contributed by atoms with van der Waals surface area (Å²) < 4.78 is 0. The molecule has 0 saturated heterocycles. The van der Waals surface area contributed by atoms with E-state index in [1.807, 2.05) is 36.4 Å². The van der Waals surface area contributed by atoms with Crippen molar-refractivity contribution in [3.8, 4) is 101 Å². The van der Waals surface area contributed by atoms with Gasteiger partial charge in [0.15, 0.2) is 17.5 Å². The third-order valence-electron chi connectivity index (χ3n) is 15.0. The first kappa shape index (κ1) is 41.4. The molecule has 0 N–H and O–H groups in total. The van der Waals surface area contributed by atoms with Crippen molar-refractivity contribution < 1.29 is 0 Å². The Hall–Kier alpha value is -8.01. The number of hydrogen-bond donors (Lipinski definition) is 0. The maximum Gasteiger partial charge on any atom is 0.164 e. The Morgan fingerprint density at radius 1 is 0.279 bits per heavy atom. The first-order chi connectivity index (χ1) is 32.7. The SMILES string of the molecule is C.CC1(C)c2ccccc2-c2ccc(-c3cc(-c4ccc5c(c4)C(C)(C)c4ccccc4-5)c4c(c3)-c3cccc(-c5cccc(-c6nc(-c7ccccc7)nc(-c7ccccc7)n6)c5)c3C4)cc21. The quantitative estimate of drug-likeness (QED) is 0.167. The number of fused-ring (bicyclic) bond motifs is 9. The van der Waals surface area contributed by atoms with Crippen LogP contribution in [0.25, 0.3) is 101 Å². The number of rotatable bonds is 6. The molecule has 0 unspecified atom stereocenters. The van der Waals surface area contributed by atoms with Crippen molar-refractivity contribution in [3.05, 3.63) is 234 Å². The topological polar surface area (TPSA) is 38.7 Å². The van der Waals surface area contributed by atoms with Gasteiger partial charge in [-0.1, -0.05) is 205 Å². The molecule has 1 heterocycles. The van der Waals surface area contributed by atoms with E-state index in [2.05, 4.69) is 191 Å². The Bertz CT molecular complexity index is 3600. The van der Waals surface area contributed by atoms with Crippen molar-refractivity contribution >= 4 is 0 Å². The van der Waals surface area contributed by atoms with Gasteiger partial charge >= 0.3 is 0 Å². The van der Waals surface area contributed by atoms with Crippen LogP contribution in [0.15, 0.2) is 200 Å². The molecule has 10 aromatic rings. The highest BCUT2D eigenvalue weighted by molar-refractivity contribution is 5.95.